The molecule has 0 spiro atoms. The number of rotatable bonds is 4. The van der Waals surface area contributed by atoms with Gasteiger partial charge in [0.2, 0.25) is 0 Å². The number of anilines is 2. The van der Waals surface area contributed by atoms with Crippen molar-refractivity contribution in [2.45, 2.75) is 0 Å². The third-order valence-corrected chi connectivity index (χ3v) is 3.99. The molecule has 0 radical (unpaired) electrons. The molecule has 1 amide bonds. The quantitative estimate of drug-likeness (QED) is 0.672. The van der Waals surface area contributed by atoms with E-state index in [1.165, 1.54) is 29.5 Å². The Balaban J connectivity index is 1.88. The summed E-state index contributed by atoms with van der Waals surface area (Å²) in [6, 6.07) is 7.54. The molecule has 2 aromatic carbocycles. The molecule has 0 atom stereocenters. The molecular formula is C16H11F2N3O2S. The highest BCUT2D eigenvalue weighted by Gasteiger charge is 2.12. The first-order chi connectivity index (χ1) is 11.4. The molecule has 0 aliphatic rings. The summed E-state index contributed by atoms with van der Waals surface area (Å²) < 4.78 is 26.6. The molecule has 4 N–H and O–H groups in total. The summed E-state index contributed by atoms with van der Waals surface area (Å²) >= 11 is 1.21. The first-order valence-electron chi connectivity index (χ1n) is 6.75. The van der Waals surface area contributed by atoms with E-state index in [1.807, 2.05) is 0 Å². The van der Waals surface area contributed by atoms with Gasteiger partial charge in [-0.15, -0.1) is 11.3 Å². The van der Waals surface area contributed by atoms with Crippen LogP contribution >= 0.6 is 11.3 Å². The van der Waals surface area contributed by atoms with E-state index in [0.717, 1.165) is 12.1 Å². The van der Waals surface area contributed by atoms with Crippen LogP contribution in [0.5, 0.6) is 5.75 Å². The van der Waals surface area contributed by atoms with Gasteiger partial charge in [0.15, 0.2) is 5.13 Å². The Morgan fingerprint density at radius 3 is 2.71 bits per heavy atom. The summed E-state index contributed by atoms with van der Waals surface area (Å²) in [5, 5.41) is 14.5. The fraction of sp³-hybridized carbons (Fsp3) is 0. The van der Waals surface area contributed by atoms with Crippen molar-refractivity contribution >= 4 is 28.1 Å². The topological polar surface area (TPSA) is 88.2 Å². The number of nitrogens with one attached hydrogen (secondary N) is 1. The number of benzene rings is 2. The van der Waals surface area contributed by atoms with Gasteiger partial charge in [0.25, 0.3) is 5.91 Å². The maximum atomic E-state index is 13.6. The third-order valence-electron chi connectivity index (χ3n) is 3.23. The molecule has 122 valence electrons. The SMILES string of the molecule is NC(=O)c1cc(-c2csc(Nc3ccc(F)cc3F)n2)ccc1O. The average Bonchev–Trinajstić information content (AvgIpc) is 2.99. The number of amides is 1. The molecule has 5 nitrogen and oxygen atoms in total. The number of carbonyl (C=O) groups excluding carboxylic acids is 1. The molecule has 0 fully saturated rings. The number of nitrogens with two attached hydrogens (primary N) is 1. The van der Waals surface area contributed by atoms with Gasteiger partial charge in [-0.3, -0.25) is 4.79 Å². The van der Waals surface area contributed by atoms with Crippen molar-refractivity contribution in [3.05, 3.63) is 59.0 Å². The number of halogens is 2. The third kappa shape index (κ3) is 3.18. The maximum Gasteiger partial charge on any atom is 0.252 e. The lowest BCUT2D eigenvalue weighted by atomic mass is 10.1. The number of aromatic hydroxyl groups is 1. The second-order valence-electron chi connectivity index (χ2n) is 4.88. The summed E-state index contributed by atoms with van der Waals surface area (Å²) in [4.78, 5) is 15.6. The van der Waals surface area contributed by atoms with Crippen LogP contribution in [0.3, 0.4) is 0 Å². The summed E-state index contributed by atoms with van der Waals surface area (Å²) in [5.41, 5.74) is 6.38. The number of nitrogens with zero attached hydrogens (tertiary/aromatic N) is 1. The van der Waals surface area contributed by atoms with Crippen LogP contribution in [-0.4, -0.2) is 16.0 Å². The van der Waals surface area contributed by atoms with Crippen LogP contribution in [0.4, 0.5) is 19.6 Å². The van der Waals surface area contributed by atoms with Crippen molar-refractivity contribution in [1.29, 1.82) is 0 Å². The summed E-state index contributed by atoms with van der Waals surface area (Å²) in [6.45, 7) is 0. The van der Waals surface area contributed by atoms with Gasteiger partial charge in [-0.25, -0.2) is 13.8 Å². The van der Waals surface area contributed by atoms with Gasteiger partial charge in [-0.05, 0) is 30.3 Å². The highest BCUT2D eigenvalue weighted by molar-refractivity contribution is 7.14. The Bertz CT molecular complexity index is 927. The fourth-order valence-corrected chi connectivity index (χ4v) is 2.79. The van der Waals surface area contributed by atoms with Crippen LogP contribution in [0.25, 0.3) is 11.3 Å². The van der Waals surface area contributed by atoms with Crippen molar-refractivity contribution in [3.63, 3.8) is 0 Å². The summed E-state index contributed by atoms with van der Waals surface area (Å²) in [7, 11) is 0. The number of primary amides is 1. The van der Waals surface area contributed by atoms with Crippen molar-refractivity contribution < 1.29 is 18.7 Å². The Kier molecular flexibility index (Phi) is 4.13. The number of aromatic nitrogens is 1. The van der Waals surface area contributed by atoms with Crippen LogP contribution in [0, 0.1) is 11.6 Å². The second kappa shape index (κ2) is 6.25. The van der Waals surface area contributed by atoms with Gasteiger partial charge in [0.05, 0.1) is 16.9 Å². The highest BCUT2D eigenvalue weighted by atomic mass is 32.1. The van der Waals surface area contributed by atoms with Crippen LogP contribution in [-0.2, 0) is 0 Å². The highest BCUT2D eigenvalue weighted by Crippen LogP contribution is 2.30. The lowest BCUT2D eigenvalue weighted by Crippen LogP contribution is -2.11. The van der Waals surface area contributed by atoms with Crippen LogP contribution in [0.15, 0.2) is 41.8 Å². The summed E-state index contributed by atoms with van der Waals surface area (Å²) in [5.74, 6) is -2.36. The van der Waals surface area contributed by atoms with Crippen molar-refractivity contribution in [1.82, 2.24) is 4.98 Å². The van der Waals surface area contributed by atoms with Gasteiger partial charge in [-0.2, -0.15) is 0 Å². The van der Waals surface area contributed by atoms with E-state index in [0.29, 0.717) is 16.4 Å². The molecule has 3 aromatic rings. The smallest absolute Gasteiger partial charge is 0.252 e. The van der Waals surface area contributed by atoms with Gasteiger partial charge < -0.3 is 16.2 Å². The first-order valence-corrected chi connectivity index (χ1v) is 7.63. The standard InChI is InChI=1S/C16H11F2N3O2S/c17-9-2-3-12(11(18)6-9)20-16-21-13(7-24-16)8-1-4-14(22)10(5-8)15(19)23/h1-7,22H,(H2,19,23)(H,20,21). The lowest BCUT2D eigenvalue weighted by Gasteiger charge is -2.04. The van der Waals surface area contributed by atoms with Gasteiger partial charge >= 0.3 is 0 Å². The van der Waals surface area contributed by atoms with Gasteiger partial charge in [-0.1, -0.05) is 0 Å². The van der Waals surface area contributed by atoms with Crippen LogP contribution in [0.1, 0.15) is 10.4 Å². The average molecular weight is 347 g/mol. The van der Waals surface area contributed by atoms with E-state index in [-0.39, 0.29) is 17.0 Å². The second-order valence-corrected chi connectivity index (χ2v) is 5.74. The largest absolute Gasteiger partial charge is 0.507 e. The Morgan fingerprint density at radius 2 is 2.00 bits per heavy atom. The molecule has 24 heavy (non-hydrogen) atoms. The molecule has 0 aliphatic heterocycles. The Morgan fingerprint density at radius 1 is 1.21 bits per heavy atom. The zero-order chi connectivity index (χ0) is 17.3. The normalized spacial score (nSPS) is 10.6. The van der Waals surface area contributed by atoms with E-state index < -0.39 is 17.5 Å². The first kappa shape index (κ1) is 15.9. The van der Waals surface area contributed by atoms with Crippen molar-refractivity contribution in [2.24, 2.45) is 5.73 Å². The number of hydrogen-bond acceptors (Lipinski definition) is 5. The minimum atomic E-state index is -0.753. The molecule has 0 aliphatic carbocycles. The molecule has 1 heterocycles. The van der Waals surface area contributed by atoms with E-state index in [9.17, 15) is 18.7 Å². The molecule has 3 rings (SSSR count). The van der Waals surface area contributed by atoms with E-state index in [4.69, 9.17) is 5.73 Å². The molecule has 0 unspecified atom stereocenters. The van der Waals surface area contributed by atoms with E-state index >= 15 is 0 Å². The maximum absolute atomic E-state index is 13.6. The Hall–Kier alpha value is -3.00. The van der Waals surface area contributed by atoms with Crippen LogP contribution < -0.4 is 11.1 Å². The van der Waals surface area contributed by atoms with Gasteiger partial charge in [0.1, 0.15) is 17.4 Å². The monoisotopic (exact) mass is 347 g/mol. The molecule has 8 heteroatoms. The predicted molar refractivity (Wildman–Crippen MR) is 87.4 cm³/mol. The zero-order valence-electron chi connectivity index (χ0n) is 12.1. The minimum Gasteiger partial charge on any atom is -0.507 e. The van der Waals surface area contributed by atoms with Gasteiger partial charge in [0, 0.05) is 17.0 Å². The predicted octanol–water partition coefficient (Wildman–Crippen LogP) is 3.64. The number of phenols is 1. The van der Waals surface area contributed by atoms with E-state index in [2.05, 4.69) is 10.3 Å². The van der Waals surface area contributed by atoms with Crippen molar-refractivity contribution in [2.75, 3.05) is 5.32 Å². The molecule has 1 aromatic heterocycles. The van der Waals surface area contributed by atoms with Crippen molar-refractivity contribution in [3.8, 4) is 17.0 Å². The molecule has 0 saturated heterocycles. The molecular weight excluding hydrogens is 336 g/mol. The summed E-state index contributed by atoms with van der Waals surface area (Å²) in [6.07, 6.45) is 0. The number of carbonyl (C=O) groups is 1. The molecule has 0 bridgehead atoms. The Labute approximate surface area is 139 Å². The van der Waals surface area contributed by atoms with E-state index in [1.54, 1.807) is 11.4 Å². The zero-order valence-corrected chi connectivity index (χ0v) is 12.9. The van der Waals surface area contributed by atoms with Crippen LogP contribution in [0.2, 0.25) is 0 Å². The number of hydrogen-bond donors (Lipinski definition) is 3. The minimum absolute atomic E-state index is 0.0143. The molecule has 0 saturated carbocycles. The number of thiazole rings is 1. The lowest BCUT2D eigenvalue weighted by molar-refractivity contribution is 0.0998. The fourth-order valence-electron chi connectivity index (χ4n) is 2.06.